The lowest BCUT2D eigenvalue weighted by Gasteiger charge is -2.23. The van der Waals surface area contributed by atoms with Gasteiger partial charge in [0.1, 0.15) is 6.54 Å². The van der Waals surface area contributed by atoms with Crippen molar-refractivity contribution in [1.29, 1.82) is 0 Å². The van der Waals surface area contributed by atoms with Gasteiger partial charge in [0.05, 0.1) is 16.3 Å². The third kappa shape index (κ3) is 6.03. The number of halogens is 4. The Balaban J connectivity index is 2.92. The molecule has 1 rings (SSSR count). The Morgan fingerprint density at radius 2 is 1.92 bits per heavy atom. The fourth-order valence-electron chi connectivity index (χ4n) is 2.06. The van der Waals surface area contributed by atoms with Crippen LogP contribution in [0.2, 0.25) is 5.02 Å². The van der Waals surface area contributed by atoms with Crippen LogP contribution >= 0.6 is 11.6 Å². The van der Waals surface area contributed by atoms with Crippen molar-refractivity contribution >= 4 is 29.1 Å². The Kier molecular flexibility index (Phi) is 7.54. The molecular formula is C16H20ClF3N2O2. The molecule has 1 aromatic rings. The zero-order valence-corrected chi connectivity index (χ0v) is 14.3. The van der Waals surface area contributed by atoms with E-state index in [-0.39, 0.29) is 17.3 Å². The summed E-state index contributed by atoms with van der Waals surface area (Å²) >= 11 is 5.92. The monoisotopic (exact) mass is 364 g/mol. The largest absolute Gasteiger partial charge is 0.416 e. The summed E-state index contributed by atoms with van der Waals surface area (Å²) in [4.78, 5) is 24.6. The Morgan fingerprint density at radius 3 is 2.46 bits per heavy atom. The van der Waals surface area contributed by atoms with Gasteiger partial charge in [-0.3, -0.25) is 9.59 Å². The molecule has 0 aliphatic carbocycles. The molecule has 0 aliphatic heterocycles. The average Bonchev–Trinajstić information content (AvgIpc) is 2.48. The van der Waals surface area contributed by atoms with Gasteiger partial charge in [-0.2, -0.15) is 13.2 Å². The number of amides is 2. The minimum atomic E-state index is -4.57. The van der Waals surface area contributed by atoms with Gasteiger partial charge in [-0.15, -0.1) is 0 Å². The first-order valence-corrected chi connectivity index (χ1v) is 7.96. The van der Waals surface area contributed by atoms with Gasteiger partial charge in [0, 0.05) is 13.5 Å². The van der Waals surface area contributed by atoms with Crippen LogP contribution in [-0.4, -0.2) is 24.9 Å². The maximum absolute atomic E-state index is 12.8. The van der Waals surface area contributed by atoms with Crippen LogP contribution in [0.1, 0.15) is 38.7 Å². The molecule has 8 heteroatoms. The third-order valence-corrected chi connectivity index (χ3v) is 3.67. The zero-order chi connectivity index (χ0) is 18.3. The van der Waals surface area contributed by atoms with Crippen molar-refractivity contribution in [3.05, 3.63) is 28.8 Å². The molecule has 0 radical (unpaired) electrons. The SMILES string of the molecule is CCCCCNC(=O)CN(C(C)=O)c1cc(C(F)(F)F)ccc1Cl. The Bertz CT molecular complexity index is 591. The molecule has 0 saturated heterocycles. The normalized spacial score (nSPS) is 11.2. The lowest BCUT2D eigenvalue weighted by Crippen LogP contribution is -2.40. The summed E-state index contributed by atoms with van der Waals surface area (Å²) in [6.07, 6.45) is -1.82. The van der Waals surface area contributed by atoms with E-state index in [1.54, 1.807) is 0 Å². The number of alkyl halides is 3. The van der Waals surface area contributed by atoms with E-state index >= 15 is 0 Å². The first-order valence-electron chi connectivity index (χ1n) is 7.58. The van der Waals surface area contributed by atoms with Gasteiger partial charge >= 0.3 is 6.18 Å². The van der Waals surface area contributed by atoms with Crippen LogP contribution in [0, 0.1) is 0 Å². The Hall–Kier alpha value is -1.76. The zero-order valence-electron chi connectivity index (χ0n) is 13.5. The predicted octanol–water partition coefficient (Wildman–Crippen LogP) is 4.02. The topological polar surface area (TPSA) is 49.4 Å². The van der Waals surface area contributed by atoms with Crippen LogP contribution in [0.15, 0.2) is 18.2 Å². The highest BCUT2D eigenvalue weighted by Crippen LogP contribution is 2.35. The molecular weight excluding hydrogens is 345 g/mol. The second-order valence-electron chi connectivity index (χ2n) is 5.33. The minimum absolute atomic E-state index is 0.0306. The standard InChI is InChI=1S/C16H20ClF3N2O2/c1-3-4-5-8-21-15(24)10-22(11(2)23)14-9-12(16(18,19)20)6-7-13(14)17/h6-7,9H,3-5,8,10H2,1-2H3,(H,21,24). The molecule has 4 nitrogen and oxygen atoms in total. The first-order chi connectivity index (χ1) is 11.2. The molecule has 0 spiro atoms. The second kappa shape index (κ2) is 8.92. The smallest absolute Gasteiger partial charge is 0.355 e. The van der Waals surface area contributed by atoms with Crippen molar-refractivity contribution in [1.82, 2.24) is 5.32 Å². The predicted molar refractivity (Wildman–Crippen MR) is 87.0 cm³/mol. The van der Waals surface area contributed by atoms with Crippen molar-refractivity contribution in [2.75, 3.05) is 18.0 Å². The van der Waals surface area contributed by atoms with Gasteiger partial charge in [-0.1, -0.05) is 31.4 Å². The summed E-state index contributed by atoms with van der Waals surface area (Å²) in [5.74, 6) is -1.02. The van der Waals surface area contributed by atoms with Crippen LogP contribution in [0.5, 0.6) is 0 Å². The quantitative estimate of drug-likeness (QED) is 0.743. The van der Waals surface area contributed by atoms with Crippen molar-refractivity contribution in [2.24, 2.45) is 0 Å². The van der Waals surface area contributed by atoms with E-state index in [2.05, 4.69) is 5.32 Å². The van der Waals surface area contributed by atoms with Gasteiger partial charge in [-0.05, 0) is 24.6 Å². The van der Waals surface area contributed by atoms with E-state index in [4.69, 9.17) is 11.6 Å². The van der Waals surface area contributed by atoms with Gasteiger partial charge in [-0.25, -0.2) is 0 Å². The molecule has 24 heavy (non-hydrogen) atoms. The summed E-state index contributed by atoms with van der Waals surface area (Å²) in [7, 11) is 0. The summed E-state index contributed by atoms with van der Waals surface area (Å²) < 4.78 is 38.5. The number of carbonyl (C=O) groups is 2. The number of anilines is 1. The average molecular weight is 365 g/mol. The maximum Gasteiger partial charge on any atom is 0.416 e. The molecule has 0 aliphatic rings. The molecule has 0 saturated carbocycles. The molecule has 0 unspecified atom stereocenters. The number of hydrogen-bond acceptors (Lipinski definition) is 2. The van der Waals surface area contributed by atoms with Crippen molar-refractivity contribution in [2.45, 2.75) is 39.3 Å². The summed E-state index contributed by atoms with van der Waals surface area (Å²) in [5, 5.41) is 2.61. The number of rotatable bonds is 7. The van der Waals surface area contributed by atoms with Crippen molar-refractivity contribution in [3.63, 3.8) is 0 Å². The van der Waals surface area contributed by atoms with E-state index < -0.39 is 23.6 Å². The van der Waals surface area contributed by atoms with Gasteiger partial charge in [0.2, 0.25) is 11.8 Å². The van der Waals surface area contributed by atoms with Crippen molar-refractivity contribution in [3.8, 4) is 0 Å². The van der Waals surface area contributed by atoms with Gasteiger partial charge in [0.25, 0.3) is 0 Å². The highest BCUT2D eigenvalue weighted by atomic mass is 35.5. The summed E-state index contributed by atoms with van der Waals surface area (Å²) in [6, 6.07) is 2.66. The van der Waals surface area contributed by atoms with Crippen LogP contribution in [0.4, 0.5) is 18.9 Å². The first kappa shape index (κ1) is 20.3. The van der Waals surface area contributed by atoms with E-state index in [0.29, 0.717) is 6.54 Å². The molecule has 1 aromatic carbocycles. The molecule has 134 valence electrons. The number of hydrogen-bond donors (Lipinski definition) is 1. The van der Waals surface area contributed by atoms with Crippen LogP contribution in [0.25, 0.3) is 0 Å². The molecule has 2 amide bonds. The highest BCUT2D eigenvalue weighted by molar-refractivity contribution is 6.34. The Morgan fingerprint density at radius 1 is 1.25 bits per heavy atom. The lowest BCUT2D eigenvalue weighted by molar-refractivity contribution is -0.137. The van der Waals surface area contributed by atoms with Crippen molar-refractivity contribution < 1.29 is 22.8 Å². The van der Waals surface area contributed by atoms with Gasteiger partial charge < -0.3 is 10.2 Å². The molecule has 0 aromatic heterocycles. The molecule has 1 N–H and O–H groups in total. The van der Waals surface area contributed by atoms with E-state index in [0.717, 1.165) is 42.4 Å². The molecule has 0 fully saturated rings. The fraction of sp³-hybridized carbons (Fsp3) is 0.500. The van der Waals surface area contributed by atoms with Crippen LogP contribution in [-0.2, 0) is 15.8 Å². The fourth-order valence-corrected chi connectivity index (χ4v) is 2.28. The van der Waals surface area contributed by atoms with Crippen LogP contribution < -0.4 is 10.2 Å². The number of benzene rings is 1. The van der Waals surface area contributed by atoms with Crippen LogP contribution in [0.3, 0.4) is 0 Å². The Labute approximate surface area is 144 Å². The number of nitrogens with zero attached hydrogens (tertiary/aromatic N) is 1. The number of unbranched alkanes of at least 4 members (excludes halogenated alkanes) is 2. The molecule has 0 atom stereocenters. The second-order valence-corrected chi connectivity index (χ2v) is 5.73. The number of nitrogens with one attached hydrogen (secondary N) is 1. The summed E-state index contributed by atoms with van der Waals surface area (Å²) in [6.45, 7) is 3.26. The molecule has 0 bridgehead atoms. The third-order valence-electron chi connectivity index (χ3n) is 3.35. The number of carbonyl (C=O) groups excluding carboxylic acids is 2. The van der Waals surface area contributed by atoms with Gasteiger partial charge in [0.15, 0.2) is 0 Å². The lowest BCUT2D eigenvalue weighted by atomic mass is 10.1. The summed E-state index contributed by atoms with van der Waals surface area (Å²) in [5.41, 5.74) is -1.07. The maximum atomic E-state index is 12.8. The van der Waals surface area contributed by atoms with E-state index in [1.807, 2.05) is 6.92 Å². The van der Waals surface area contributed by atoms with E-state index in [1.165, 1.54) is 6.92 Å². The van der Waals surface area contributed by atoms with E-state index in [9.17, 15) is 22.8 Å². The highest BCUT2D eigenvalue weighted by Gasteiger charge is 2.32. The minimum Gasteiger partial charge on any atom is -0.355 e. The molecule has 0 heterocycles.